The first-order valence-corrected chi connectivity index (χ1v) is 7.21. The van der Waals surface area contributed by atoms with Gasteiger partial charge in [0, 0.05) is 27.2 Å². The molecule has 128 valence electrons. The Labute approximate surface area is 134 Å². The molecule has 0 saturated heterocycles. The molecule has 8 heteroatoms. The lowest BCUT2D eigenvalue weighted by molar-refractivity contribution is -0.120. The average Bonchev–Trinajstić information content (AvgIpc) is 2.54. The van der Waals surface area contributed by atoms with Crippen LogP contribution in [0.3, 0.4) is 0 Å². The van der Waals surface area contributed by atoms with Crippen molar-refractivity contribution in [1.29, 1.82) is 0 Å². The zero-order valence-electron chi connectivity index (χ0n) is 13.3. The van der Waals surface area contributed by atoms with Crippen LogP contribution in [0.5, 0.6) is 0 Å². The zero-order chi connectivity index (χ0) is 17.1. The molecule has 0 unspecified atom stereocenters. The number of halogens is 2. The Kier molecular flexibility index (Phi) is 8.59. The lowest BCUT2D eigenvalue weighted by atomic mass is 10.1. The number of hydrogen-bond acceptors (Lipinski definition) is 3. The molecule has 0 aliphatic carbocycles. The minimum atomic E-state index is -0.475. The Morgan fingerprint density at radius 1 is 1.22 bits per heavy atom. The van der Waals surface area contributed by atoms with E-state index in [9.17, 15) is 13.6 Å². The van der Waals surface area contributed by atoms with Crippen LogP contribution in [0.4, 0.5) is 8.78 Å². The second-order valence-corrected chi connectivity index (χ2v) is 4.68. The summed E-state index contributed by atoms with van der Waals surface area (Å²) in [4.78, 5) is 15.5. The minimum absolute atomic E-state index is 0.0533. The van der Waals surface area contributed by atoms with Crippen molar-refractivity contribution in [2.75, 3.05) is 40.4 Å². The Balaban J connectivity index is 2.31. The van der Waals surface area contributed by atoms with Gasteiger partial charge in [-0.05, 0) is 30.2 Å². The molecule has 0 aliphatic rings. The highest BCUT2D eigenvalue weighted by Crippen LogP contribution is 2.09. The highest BCUT2D eigenvalue weighted by atomic mass is 19.1. The van der Waals surface area contributed by atoms with Gasteiger partial charge in [0.05, 0.1) is 13.2 Å². The molecule has 1 rings (SSSR count). The molecule has 23 heavy (non-hydrogen) atoms. The quantitative estimate of drug-likeness (QED) is 0.368. The van der Waals surface area contributed by atoms with E-state index in [-0.39, 0.29) is 18.0 Å². The first-order chi connectivity index (χ1) is 11.1. The van der Waals surface area contributed by atoms with Crippen molar-refractivity contribution >= 4 is 11.9 Å². The van der Waals surface area contributed by atoms with Crippen LogP contribution >= 0.6 is 0 Å². The Morgan fingerprint density at radius 3 is 2.70 bits per heavy atom. The largest absolute Gasteiger partial charge is 0.383 e. The van der Waals surface area contributed by atoms with Gasteiger partial charge in [0.15, 0.2) is 5.96 Å². The zero-order valence-corrected chi connectivity index (χ0v) is 13.3. The van der Waals surface area contributed by atoms with Gasteiger partial charge in [-0.25, -0.2) is 8.78 Å². The van der Waals surface area contributed by atoms with Crippen molar-refractivity contribution in [2.24, 2.45) is 4.99 Å². The third-order valence-electron chi connectivity index (χ3n) is 2.96. The number of benzene rings is 1. The number of nitrogens with zero attached hydrogens (tertiary/aromatic N) is 1. The van der Waals surface area contributed by atoms with E-state index in [1.807, 2.05) is 0 Å². The number of guanidine groups is 1. The molecule has 0 aromatic heterocycles. The van der Waals surface area contributed by atoms with Gasteiger partial charge in [-0.3, -0.25) is 9.79 Å². The van der Waals surface area contributed by atoms with Crippen LogP contribution in [0.15, 0.2) is 23.2 Å². The summed E-state index contributed by atoms with van der Waals surface area (Å²) in [5.74, 6) is -0.713. The van der Waals surface area contributed by atoms with Crippen LogP contribution in [0, 0.1) is 11.6 Å². The van der Waals surface area contributed by atoms with E-state index in [0.29, 0.717) is 32.1 Å². The van der Waals surface area contributed by atoms with E-state index in [1.165, 1.54) is 0 Å². The van der Waals surface area contributed by atoms with Gasteiger partial charge in [0.25, 0.3) is 0 Å². The van der Waals surface area contributed by atoms with E-state index in [2.05, 4.69) is 20.9 Å². The van der Waals surface area contributed by atoms with Crippen LogP contribution in [0.25, 0.3) is 0 Å². The van der Waals surface area contributed by atoms with Crippen molar-refractivity contribution in [3.63, 3.8) is 0 Å². The molecule has 0 atom stereocenters. The van der Waals surface area contributed by atoms with Crippen molar-refractivity contribution in [3.05, 3.63) is 35.4 Å². The Bertz CT molecular complexity index is 538. The minimum Gasteiger partial charge on any atom is -0.383 e. The fraction of sp³-hybridized carbons (Fsp3) is 0.467. The summed E-state index contributed by atoms with van der Waals surface area (Å²) < 4.78 is 31.4. The number of amides is 1. The molecule has 0 saturated carbocycles. The molecule has 1 aromatic carbocycles. The maximum absolute atomic E-state index is 13.5. The van der Waals surface area contributed by atoms with E-state index in [1.54, 1.807) is 14.2 Å². The molecule has 0 bridgehead atoms. The summed E-state index contributed by atoms with van der Waals surface area (Å²) in [5, 5.41) is 8.42. The normalized spacial score (nSPS) is 11.2. The van der Waals surface area contributed by atoms with Gasteiger partial charge in [0.2, 0.25) is 5.91 Å². The van der Waals surface area contributed by atoms with Crippen molar-refractivity contribution in [2.45, 2.75) is 6.42 Å². The van der Waals surface area contributed by atoms with Gasteiger partial charge in [-0.15, -0.1) is 0 Å². The number of rotatable bonds is 8. The summed E-state index contributed by atoms with van der Waals surface area (Å²) in [7, 11) is 3.11. The molecule has 0 aliphatic heterocycles. The predicted octanol–water partition coefficient (Wildman–Crippen LogP) is 0.435. The second kappa shape index (κ2) is 10.5. The number of hydrogen-bond donors (Lipinski definition) is 3. The number of carbonyl (C=O) groups is 1. The van der Waals surface area contributed by atoms with Crippen LogP contribution in [0.2, 0.25) is 0 Å². The Morgan fingerprint density at radius 2 is 2.00 bits per heavy atom. The second-order valence-electron chi connectivity index (χ2n) is 4.68. The van der Waals surface area contributed by atoms with Gasteiger partial charge >= 0.3 is 0 Å². The fourth-order valence-corrected chi connectivity index (χ4v) is 1.79. The predicted molar refractivity (Wildman–Crippen MR) is 84.3 cm³/mol. The van der Waals surface area contributed by atoms with Gasteiger partial charge in [-0.2, -0.15) is 0 Å². The number of nitrogens with one attached hydrogen (secondary N) is 3. The number of methoxy groups -OCH3 is 1. The van der Waals surface area contributed by atoms with Crippen LogP contribution in [-0.2, 0) is 16.0 Å². The van der Waals surface area contributed by atoms with Crippen LogP contribution < -0.4 is 16.0 Å². The molecule has 1 amide bonds. The molecule has 0 heterocycles. The monoisotopic (exact) mass is 328 g/mol. The number of ether oxygens (including phenoxy) is 1. The maximum atomic E-state index is 13.5. The van der Waals surface area contributed by atoms with Gasteiger partial charge < -0.3 is 20.7 Å². The standard InChI is InChI=1S/C15H22F2N4O2/c1-18-15(21-10-14(22)19-7-8-23-2)20-6-5-11-9-12(16)3-4-13(11)17/h3-4,9H,5-8,10H2,1-2H3,(H,19,22)(H2,18,20,21). The molecular weight excluding hydrogens is 306 g/mol. The molecular formula is C15H22F2N4O2. The van der Waals surface area contributed by atoms with Gasteiger partial charge in [-0.1, -0.05) is 0 Å². The molecule has 3 N–H and O–H groups in total. The molecule has 6 nitrogen and oxygen atoms in total. The molecule has 0 spiro atoms. The van der Waals surface area contributed by atoms with Crippen molar-refractivity contribution < 1.29 is 18.3 Å². The lowest BCUT2D eigenvalue weighted by Crippen LogP contribution is -2.44. The SMILES string of the molecule is CN=C(NCCc1cc(F)ccc1F)NCC(=O)NCCOC. The van der Waals surface area contributed by atoms with Crippen molar-refractivity contribution in [3.8, 4) is 0 Å². The van der Waals surface area contributed by atoms with Crippen LogP contribution in [0.1, 0.15) is 5.56 Å². The van der Waals surface area contributed by atoms with E-state index < -0.39 is 11.6 Å². The molecule has 1 aromatic rings. The summed E-state index contributed by atoms with van der Waals surface area (Å²) in [6, 6.07) is 3.34. The first kappa shape index (κ1) is 18.8. The van der Waals surface area contributed by atoms with Crippen LogP contribution in [-0.4, -0.2) is 52.3 Å². The fourth-order valence-electron chi connectivity index (χ4n) is 1.79. The van der Waals surface area contributed by atoms with E-state index in [4.69, 9.17) is 4.74 Å². The molecule has 0 fully saturated rings. The molecule has 0 radical (unpaired) electrons. The smallest absolute Gasteiger partial charge is 0.239 e. The first-order valence-electron chi connectivity index (χ1n) is 7.21. The summed E-state index contributed by atoms with van der Waals surface area (Å²) >= 11 is 0. The highest BCUT2D eigenvalue weighted by molar-refractivity contribution is 5.86. The topological polar surface area (TPSA) is 74.8 Å². The number of aliphatic imine (C=N–C) groups is 1. The van der Waals surface area contributed by atoms with Gasteiger partial charge in [0.1, 0.15) is 11.6 Å². The highest BCUT2D eigenvalue weighted by Gasteiger charge is 2.06. The Hall–Kier alpha value is -2.22. The van der Waals surface area contributed by atoms with Crippen molar-refractivity contribution in [1.82, 2.24) is 16.0 Å². The summed E-state index contributed by atoms with van der Waals surface area (Å²) in [6.45, 7) is 1.28. The average molecular weight is 328 g/mol. The maximum Gasteiger partial charge on any atom is 0.239 e. The lowest BCUT2D eigenvalue weighted by Gasteiger charge is -2.12. The van der Waals surface area contributed by atoms with E-state index >= 15 is 0 Å². The third kappa shape index (κ3) is 7.55. The third-order valence-corrected chi connectivity index (χ3v) is 2.96. The summed E-state index contributed by atoms with van der Waals surface area (Å²) in [6.07, 6.45) is 0.296. The van der Waals surface area contributed by atoms with E-state index in [0.717, 1.165) is 18.2 Å². The summed E-state index contributed by atoms with van der Waals surface area (Å²) in [5.41, 5.74) is 0.283. The number of carbonyl (C=O) groups excluding carboxylic acids is 1.